The van der Waals surface area contributed by atoms with Gasteiger partial charge in [0.15, 0.2) is 0 Å². The van der Waals surface area contributed by atoms with Gasteiger partial charge in [-0.3, -0.25) is 4.79 Å². The molecule has 2 N–H and O–H groups in total. The first kappa shape index (κ1) is 17.9. The van der Waals surface area contributed by atoms with E-state index < -0.39 is 0 Å². The number of aromatic nitrogens is 1. The number of H-pyrrole nitrogens is 1. The van der Waals surface area contributed by atoms with Gasteiger partial charge in [0.1, 0.15) is 0 Å². The van der Waals surface area contributed by atoms with Gasteiger partial charge in [-0.2, -0.15) is 0 Å². The molecule has 1 saturated carbocycles. The van der Waals surface area contributed by atoms with Crippen molar-refractivity contribution in [3.05, 3.63) is 36.0 Å². The Morgan fingerprint density at radius 3 is 2.85 bits per heavy atom. The number of amides is 3. The number of urea groups is 1. The Morgan fingerprint density at radius 1 is 1.30 bits per heavy atom. The van der Waals surface area contributed by atoms with E-state index in [1.807, 2.05) is 25.2 Å². The van der Waals surface area contributed by atoms with Gasteiger partial charge in [-0.15, -0.1) is 0 Å². The molecule has 1 aromatic heterocycles. The molecule has 1 saturated heterocycles. The lowest BCUT2D eigenvalue weighted by Gasteiger charge is -2.25. The van der Waals surface area contributed by atoms with Gasteiger partial charge in [0.2, 0.25) is 5.91 Å². The summed E-state index contributed by atoms with van der Waals surface area (Å²) in [4.78, 5) is 31.9. The summed E-state index contributed by atoms with van der Waals surface area (Å²) in [6.07, 6.45) is 5.30. The molecule has 6 heteroatoms. The Bertz CT molecular complexity index is 791. The van der Waals surface area contributed by atoms with E-state index in [1.165, 1.54) is 12.8 Å². The lowest BCUT2D eigenvalue weighted by molar-refractivity contribution is -0.129. The second kappa shape index (κ2) is 7.62. The molecule has 0 spiro atoms. The van der Waals surface area contributed by atoms with Crippen LogP contribution in [0.5, 0.6) is 0 Å². The van der Waals surface area contributed by atoms with Gasteiger partial charge in [0.25, 0.3) is 0 Å². The summed E-state index contributed by atoms with van der Waals surface area (Å²) in [6, 6.07) is 10.5. The fourth-order valence-corrected chi connectivity index (χ4v) is 4.50. The second-order valence-electron chi connectivity index (χ2n) is 7.98. The van der Waals surface area contributed by atoms with Crippen molar-refractivity contribution in [2.24, 2.45) is 5.92 Å². The minimum absolute atomic E-state index is 0.0968. The molecule has 144 valence electrons. The summed E-state index contributed by atoms with van der Waals surface area (Å²) in [5.41, 5.74) is 2.06. The predicted molar refractivity (Wildman–Crippen MR) is 105 cm³/mol. The molecular weight excluding hydrogens is 340 g/mol. The Hall–Kier alpha value is -2.50. The predicted octanol–water partition coefficient (Wildman–Crippen LogP) is 3.10. The highest BCUT2D eigenvalue weighted by atomic mass is 16.2. The molecule has 0 radical (unpaired) electrons. The molecule has 3 amide bonds. The first-order chi connectivity index (χ1) is 13.1. The number of carbonyl (C=O) groups excluding carboxylic acids is 2. The summed E-state index contributed by atoms with van der Waals surface area (Å²) in [7, 11) is 1.81. The third-order valence-corrected chi connectivity index (χ3v) is 5.90. The third kappa shape index (κ3) is 3.94. The summed E-state index contributed by atoms with van der Waals surface area (Å²) < 4.78 is 0. The highest BCUT2D eigenvalue weighted by molar-refractivity contribution is 5.81. The van der Waals surface area contributed by atoms with Crippen LogP contribution in [-0.4, -0.2) is 52.9 Å². The van der Waals surface area contributed by atoms with Crippen molar-refractivity contribution in [3.8, 4) is 0 Å². The zero-order valence-electron chi connectivity index (χ0n) is 15.9. The molecule has 1 aliphatic carbocycles. The fraction of sp³-hybridized carbons (Fsp3) is 0.524. The number of aromatic amines is 1. The van der Waals surface area contributed by atoms with E-state index in [9.17, 15) is 9.59 Å². The Labute approximate surface area is 159 Å². The molecular formula is C21H28N4O2. The largest absolute Gasteiger partial charge is 0.357 e. The number of carbonyl (C=O) groups is 2. The molecule has 4 rings (SSSR count). The first-order valence-electron chi connectivity index (χ1n) is 9.95. The number of nitrogens with one attached hydrogen (secondary N) is 2. The zero-order chi connectivity index (χ0) is 18.8. The number of benzene rings is 1. The average Bonchev–Trinajstić information content (AvgIpc) is 3.38. The van der Waals surface area contributed by atoms with Crippen LogP contribution in [-0.2, 0) is 11.3 Å². The van der Waals surface area contributed by atoms with Gasteiger partial charge in [0, 0.05) is 49.7 Å². The topological polar surface area (TPSA) is 68.4 Å². The monoisotopic (exact) mass is 368 g/mol. The van der Waals surface area contributed by atoms with Crippen LogP contribution in [0.25, 0.3) is 10.9 Å². The van der Waals surface area contributed by atoms with Crippen LogP contribution in [0.15, 0.2) is 30.3 Å². The Morgan fingerprint density at radius 2 is 2.07 bits per heavy atom. The van der Waals surface area contributed by atoms with Crippen molar-refractivity contribution in [3.63, 3.8) is 0 Å². The van der Waals surface area contributed by atoms with Crippen LogP contribution in [0.1, 0.15) is 37.8 Å². The lowest BCUT2D eigenvalue weighted by Crippen LogP contribution is -2.40. The third-order valence-electron chi connectivity index (χ3n) is 5.90. The Kier molecular flexibility index (Phi) is 5.05. The fourth-order valence-electron chi connectivity index (χ4n) is 4.50. The van der Waals surface area contributed by atoms with Gasteiger partial charge >= 0.3 is 6.03 Å². The molecule has 2 aliphatic rings. The van der Waals surface area contributed by atoms with E-state index in [1.54, 1.807) is 4.90 Å². The highest BCUT2D eigenvalue weighted by Gasteiger charge is 2.36. The quantitative estimate of drug-likeness (QED) is 0.851. The van der Waals surface area contributed by atoms with E-state index in [2.05, 4.69) is 27.3 Å². The molecule has 2 aromatic rings. The smallest absolute Gasteiger partial charge is 0.317 e. The van der Waals surface area contributed by atoms with E-state index in [-0.39, 0.29) is 17.9 Å². The number of nitrogens with zero attached hydrogens (tertiary/aromatic N) is 2. The van der Waals surface area contributed by atoms with Crippen molar-refractivity contribution < 1.29 is 9.59 Å². The van der Waals surface area contributed by atoms with Gasteiger partial charge in [-0.05, 0) is 30.4 Å². The first-order valence-corrected chi connectivity index (χ1v) is 9.95. The van der Waals surface area contributed by atoms with Gasteiger partial charge in [-0.25, -0.2) is 4.79 Å². The normalized spacial score (nSPS) is 20.6. The molecule has 1 aromatic carbocycles. The maximum absolute atomic E-state index is 12.4. The highest BCUT2D eigenvalue weighted by Crippen LogP contribution is 2.29. The van der Waals surface area contributed by atoms with E-state index in [4.69, 9.17) is 0 Å². The van der Waals surface area contributed by atoms with Crippen molar-refractivity contribution >= 4 is 22.8 Å². The summed E-state index contributed by atoms with van der Waals surface area (Å²) in [5.74, 6) is 0.501. The molecule has 2 heterocycles. The number of likely N-dealkylation sites (tertiary alicyclic amines) is 1. The maximum Gasteiger partial charge on any atom is 0.317 e. The standard InChI is InChI=1S/C21H28N4O2/c1-24(13-15-10-20(26)25(14-15)18-7-3-4-8-18)21(27)22-12-17-11-16-6-2-5-9-19(16)23-17/h2,5-6,9,11,15,18,23H,3-4,7-8,10,12-14H2,1H3,(H,22,27). The molecule has 1 atom stereocenters. The number of fused-ring (bicyclic) bond motifs is 1. The minimum atomic E-state index is -0.0968. The molecule has 2 fully saturated rings. The van der Waals surface area contributed by atoms with Crippen LogP contribution < -0.4 is 5.32 Å². The SMILES string of the molecule is CN(CC1CC(=O)N(C2CCCC2)C1)C(=O)NCc1cc2ccccc2[nH]1. The van der Waals surface area contributed by atoms with Gasteiger partial charge < -0.3 is 20.1 Å². The lowest BCUT2D eigenvalue weighted by atomic mass is 10.1. The zero-order valence-corrected chi connectivity index (χ0v) is 15.9. The summed E-state index contributed by atoms with van der Waals surface area (Å²) in [5, 5.41) is 4.11. The number of rotatable bonds is 5. The van der Waals surface area contributed by atoms with E-state index in [0.717, 1.165) is 36.0 Å². The van der Waals surface area contributed by atoms with Crippen LogP contribution in [0.2, 0.25) is 0 Å². The second-order valence-corrected chi connectivity index (χ2v) is 7.98. The van der Waals surface area contributed by atoms with E-state index >= 15 is 0 Å². The molecule has 1 unspecified atom stereocenters. The van der Waals surface area contributed by atoms with E-state index in [0.29, 0.717) is 25.6 Å². The van der Waals surface area contributed by atoms with Crippen molar-refractivity contribution in [1.82, 2.24) is 20.1 Å². The number of hydrogen-bond donors (Lipinski definition) is 2. The van der Waals surface area contributed by atoms with Crippen LogP contribution in [0.4, 0.5) is 4.79 Å². The molecule has 6 nitrogen and oxygen atoms in total. The Balaban J connectivity index is 1.27. The molecule has 0 bridgehead atoms. The minimum Gasteiger partial charge on any atom is -0.357 e. The average molecular weight is 368 g/mol. The van der Waals surface area contributed by atoms with Crippen molar-refractivity contribution in [2.45, 2.75) is 44.7 Å². The van der Waals surface area contributed by atoms with Gasteiger partial charge in [-0.1, -0.05) is 31.0 Å². The van der Waals surface area contributed by atoms with Crippen molar-refractivity contribution in [2.75, 3.05) is 20.1 Å². The van der Waals surface area contributed by atoms with Crippen molar-refractivity contribution in [1.29, 1.82) is 0 Å². The van der Waals surface area contributed by atoms with Crippen LogP contribution >= 0.6 is 0 Å². The van der Waals surface area contributed by atoms with Gasteiger partial charge in [0.05, 0.1) is 6.54 Å². The maximum atomic E-state index is 12.4. The van der Waals surface area contributed by atoms with Crippen LogP contribution in [0.3, 0.4) is 0 Å². The summed E-state index contributed by atoms with van der Waals surface area (Å²) >= 11 is 0. The molecule has 27 heavy (non-hydrogen) atoms. The molecule has 1 aliphatic heterocycles. The number of para-hydroxylation sites is 1. The summed E-state index contributed by atoms with van der Waals surface area (Å²) in [6.45, 7) is 1.88. The number of hydrogen-bond acceptors (Lipinski definition) is 2. The van der Waals surface area contributed by atoms with Crippen LogP contribution in [0, 0.1) is 5.92 Å².